The molecule has 1 N–H and O–H groups in total. The van der Waals surface area contributed by atoms with E-state index in [1.165, 1.54) is 4.57 Å². The van der Waals surface area contributed by atoms with Crippen molar-refractivity contribution in [2.45, 2.75) is 26.3 Å². The van der Waals surface area contributed by atoms with E-state index in [0.29, 0.717) is 23.3 Å². The summed E-state index contributed by atoms with van der Waals surface area (Å²) in [5, 5.41) is 2.85. The zero-order valence-electron chi connectivity index (χ0n) is 15.1. The summed E-state index contributed by atoms with van der Waals surface area (Å²) in [4.78, 5) is 38.2. The number of benzene rings is 2. The fraction of sp³-hybridized carbons (Fsp3) is 0.250. The third-order valence-corrected chi connectivity index (χ3v) is 4.91. The number of nitrogens with one attached hydrogen (secondary N) is 1. The van der Waals surface area contributed by atoms with Crippen molar-refractivity contribution in [3.05, 3.63) is 58.6 Å². The zero-order chi connectivity index (χ0) is 19.1. The summed E-state index contributed by atoms with van der Waals surface area (Å²) in [6, 6.07) is 11.7. The minimum Gasteiger partial charge on any atom is -0.408 e. The monoisotopic (exact) mass is 365 g/mol. The minimum absolute atomic E-state index is 0.00497. The average molecular weight is 365 g/mol. The first-order chi connectivity index (χ1) is 13.0. The van der Waals surface area contributed by atoms with E-state index in [4.69, 9.17) is 4.42 Å². The number of aromatic nitrogens is 1. The fourth-order valence-electron chi connectivity index (χ4n) is 3.52. The first kappa shape index (κ1) is 17.1. The standard InChI is InChI=1S/C20H19N3O4/c1-12(23-17-5-3-4-6-18(17)27-20(23)26)19(25)21-15-7-8-16-14(11-15)9-10-22(16)13(2)24/h3-8,11-12H,9-10H2,1-2H3,(H,21,25)/t12-/m1/s1. The number of oxazole rings is 1. The lowest BCUT2D eigenvalue weighted by atomic mass is 10.1. The number of rotatable bonds is 3. The first-order valence-electron chi connectivity index (χ1n) is 8.77. The predicted molar refractivity (Wildman–Crippen MR) is 102 cm³/mol. The number of amides is 2. The van der Waals surface area contributed by atoms with Crippen molar-refractivity contribution in [3.8, 4) is 0 Å². The maximum atomic E-state index is 12.7. The second kappa shape index (κ2) is 6.42. The maximum absolute atomic E-state index is 12.7. The van der Waals surface area contributed by atoms with Gasteiger partial charge >= 0.3 is 5.76 Å². The Bertz CT molecular complexity index is 1110. The van der Waals surface area contributed by atoms with Crippen molar-refractivity contribution < 1.29 is 14.0 Å². The first-order valence-corrected chi connectivity index (χ1v) is 8.77. The minimum atomic E-state index is -0.733. The molecule has 0 spiro atoms. The van der Waals surface area contributed by atoms with E-state index in [2.05, 4.69) is 5.32 Å². The van der Waals surface area contributed by atoms with Crippen molar-refractivity contribution in [3.63, 3.8) is 0 Å². The van der Waals surface area contributed by atoms with Gasteiger partial charge in [0.2, 0.25) is 11.8 Å². The SMILES string of the molecule is CC(=O)N1CCc2cc(NC(=O)[C@@H](C)n3c(=O)oc4ccccc43)ccc21. The number of hydrogen-bond donors (Lipinski definition) is 1. The van der Waals surface area contributed by atoms with Crippen LogP contribution in [0.4, 0.5) is 11.4 Å². The molecular formula is C20H19N3O4. The molecule has 0 saturated heterocycles. The van der Waals surface area contributed by atoms with Crippen LogP contribution in [0, 0.1) is 0 Å². The summed E-state index contributed by atoms with van der Waals surface area (Å²) in [7, 11) is 0. The van der Waals surface area contributed by atoms with Crippen LogP contribution >= 0.6 is 0 Å². The highest BCUT2D eigenvalue weighted by molar-refractivity contribution is 5.97. The van der Waals surface area contributed by atoms with Crippen molar-refractivity contribution in [1.29, 1.82) is 0 Å². The Morgan fingerprint density at radius 2 is 1.96 bits per heavy atom. The Hall–Kier alpha value is -3.35. The van der Waals surface area contributed by atoms with E-state index in [-0.39, 0.29) is 11.8 Å². The van der Waals surface area contributed by atoms with Crippen LogP contribution in [0.3, 0.4) is 0 Å². The van der Waals surface area contributed by atoms with Crippen LogP contribution < -0.4 is 16.0 Å². The van der Waals surface area contributed by atoms with Crippen LogP contribution in [-0.2, 0) is 16.0 Å². The Kier molecular flexibility index (Phi) is 4.07. The Labute approximate surface area is 155 Å². The van der Waals surface area contributed by atoms with Crippen LogP contribution in [0.1, 0.15) is 25.5 Å². The zero-order valence-corrected chi connectivity index (χ0v) is 15.1. The van der Waals surface area contributed by atoms with Crippen LogP contribution in [0.25, 0.3) is 11.1 Å². The van der Waals surface area contributed by atoms with Gasteiger partial charge in [0, 0.05) is 24.8 Å². The topological polar surface area (TPSA) is 84.5 Å². The summed E-state index contributed by atoms with van der Waals surface area (Å²) in [6.07, 6.45) is 0.750. The quantitative estimate of drug-likeness (QED) is 0.773. The van der Waals surface area contributed by atoms with Gasteiger partial charge in [-0.1, -0.05) is 12.1 Å². The van der Waals surface area contributed by atoms with Crippen molar-refractivity contribution >= 4 is 34.3 Å². The molecule has 0 bridgehead atoms. The van der Waals surface area contributed by atoms with Crippen molar-refractivity contribution in [2.75, 3.05) is 16.8 Å². The fourth-order valence-corrected chi connectivity index (χ4v) is 3.52. The van der Waals surface area contributed by atoms with E-state index < -0.39 is 11.8 Å². The van der Waals surface area contributed by atoms with Crippen molar-refractivity contribution in [1.82, 2.24) is 4.57 Å². The molecule has 27 heavy (non-hydrogen) atoms. The smallest absolute Gasteiger partial charge is 0.408 e. The molecule has 7 nitrogen and oxygen atoms in total. The van der Waals surface area contributed by atoms with Gasteiger partial charge in [-0.05, 0) is 49.2 Å². The molecule has 2 aromatic carbocycles. The average Bonchev–Trinajstić information content (AvgIpc) is 3.20. The normalized spacial score (nSPS) is 14.2. The second-order valence-electron chi connectivity index (χ2n) is 6.64. The lowest BCUT2D eigenvalue weighted by molar-refractivity contribution is -0.119. The Morgan fingerprint density at radius 1 is 1.19 bits per heavy atom. The molecular weight excluding hydrogens is 346 g/mol. The summed E-state index contributed by atoms with van der Waals surface area (Å²) in [6.45, 7) is 3.85. The number of anilines is 2. The molecule has 1 aliphatic heterocycles. The van der Waals surface area contributed by atoms with E-state index >= 15 is 0 Å². The van der Waals surface area contributed by atoms with Gasteiger partial charge in [-0.3, -0.25) is 14.2 Å². The van der Waals surface area contributed by atoms with Gasteiger partial charge in [-0.25, -0.2) is 4.79 Å². The highest BCUT2D eigenvalue weighted by Crippen LogP contribution is 2.30. The molecule has 0 unspecified atom stereocenters. The highest BCUT2D eigenvalue weighted by atomic mass is 16.4. The number of hydrogen-bond acceptors (Lipinski definition) is 4. The van der Waals surface area contributed by atoms with E-state index in [1.807, 2.05) is 12.1 Å². The van der Waals surface area contributed by atoms with Gasteiger partial charge in [0.05, 0.1) is 5.52 Å². The summed E-state index contributed by atoms with van der Waals surface area (Å²) in [5.41, 5.74) is 3.56. The predicted octanol–water partition coefficient (Wildman–Crippen LogP) is 2.70. The Morgan fingerprint density at radius 3 is 2.74 bits per heavy atom. The lowest BCUT2D eigenvalue weighted by Gasteiger charge is -2.16. The van der Waals surface area contributed by atoms with Crippen LogP contribution in [0.5, 0.6) is 0 Å². The summed E-state index contributed by atoms with van der Waals surface area (Å²) < 4.78 is 6.55. The molecule has 2 heterocycles. The van der Waals surface area contributed by atoms with Crippen LogP contribution in [0.15, 0.2) is 51.7 Å². The molecule has 0 fully saturated rings. The highest BCUT2D eigenvalue weighted by Gasteiger charge is 2.24. The van der Waals surface area contributed by atoms with Gasteiger partial charge < -0.3 is 14.6 Å². The van der Waals surface area contributed by atoms with Gasteiger partial charge in [-0.15, -0.1) is 0 Å². The number of carbonyl (C=O) groups is 2. The summed E-state index contributed by atoms with van der Waals surface area (Å²) in [5.74, 6) is -0.875. The molecule has 2 amide bonds. The van der Waals surface area contributed by atoms with E-state index in [0.717, 1.165) is 17.7 Å². The molecule has 0 saturated carbocycles. The molecule has 1 atom stereocenters. The molecule has 138 valence electrons. The van der Waals surface area contributed by atoms with E-state index in [9.17, 15) is 14.4 Å². The molecule has 0 aliphatic carbocycles. The molecule has 1 aromatic heterocycles. The van der Waals surface area contributed by atoms with Gasteiger partial charge in [0.1, 0.15) is 6.04 Å². The van der Waals surface area contributed by atoms with Gasteiger partial charge in [-0.2, -0.15) is 0 Å². The molecule has 1 aliphatic rings. The number of carbonyl (C=O) groups excluding carboxylic acids is 2. The summed E-state index contributed by atoms with van der Waals surface area (Å²) >= 11 is 0. The molecule has 4 rings (SSSR count). The van der Waals surface area contributed by atoms with E-state index in [1.54, 1.807) is 49.1 Å². The third kappa shape index (κ3) is 2.91. The molecule has 0 radical (unpaired) electrons. The van der Waals surface area contributed by atoms with Crippen LogP contribution in [0.2, 0.25) is 0 Å². The molecule has 3 aromatic rings. The number of fused-ring (bicyclic) bond motifs is 2. The van der Waals surface area contributed by atoms with Crippen molar-refractivity contribution in [2.24, 2.45) is 0 Å². The Balaban J connectivity index is 1.58. The maximum Gasteiger partial charge on any atom is 0.420 e. The van der Waals surface area contributed by atoms with Crippen LogP contribution in [-0.4, -0.2) is 22.9 Å². The largest absolute Gasteiger partial charge is 0.420 e. The number of para-hydroxylation sites is 2. The molecule has 7 heteroatoms. The third-order valence-electron chi connectivity index (χ3n) is 4.91. The lowest BCUT2D eigenvalue weighted by Crippen LogP contribution is -2.29. The number of nitrogens with zero attached hydrogens (tertiary/aromatic N) is 2. The van der Waals surface area contributed by atoms with Gasteiger partial charge in [0.25, 0.3) is 0 Å². The van der Waals surface area contributed by atoms with Gasteiger partial charge in [0.15, 0.2) is 5.58 Å². The second-order valence-corrected chi connectivity index (χ2v) is 6.64.